The number of amides is 1. The van der Waals surface area contributed by atoms with Crippen LogP contribution in [0.3, 0.4) is 0 Å². The molecule has 2 N–H and O–H groups in total. The topological polar surface area (TPSA) is 58.6 Å². The van der Waals surface area contributed by atoms with Crippen molar-refractivity contribution in [3.63, 3.8) is 0 Å². The fraction of sp³-hybridized carbons (Fsp3) is 0.706. The maximum absolute atomic E-state index is 11.8. The third kappa shape index (κ3) is 6.34. The number of allylic oxidation sites excluding steroid dienone is 3. The number of carbonyl (C=O) groups excluding carboxylic acids is 1. The molecule has 2 rings (SSSR count). The third-order valence-corrected chi connectivity index (χ3v) is 4.09. The monoisotopic (exact) mass is 293 g/mol. The highest BCUT2D eigenvalue weighted by Gasteiger charge is 2.20. The molecule has 0 radical (unpaired) electrons. The summed E-state index contributed by atoms with van der Waals surface area (Å²) in [4.78, 5) is 11.8. The minimum Gasteiger partial charge on any atom is -0.494 e. The van der Waals surface area contributed by atoms with Gasteiger partial charge in [0.05, 0.1) is 12.7 Å². The Morgan fingerprint density at radius 1 is 1.24 bits per heavy atom. The largest absolute Gasteiger partial charge is 0.494 e. The highest BCUT2D eigenvalue weighted by molar-refractivity contribution is 5.76. The lowest BCUT2D eigenvalue weighted by molar-refractivity contribution is -0.122. The van der Waals surface area contributed by atoms with E-state index in [2.05, 4.69) is 17.5 Å². The zero-order valence-corrected chi connectivity index (χ0v) is 12.7. The zero-order chi connectivity index (χ0) is 14.9. The summed E-state index contributed by atoms with van der Waals surface area (Å²) >= 11 is 0. The van der Waals surface area contributed by atoms with Crippen LogP contribution in [0.4, 0.5) is 0 Å². The molecule has 1 amide bonds. The number of ether oxygens (including phenoxy) is 1. The second-order valence-corrected chi connectivity index (χ2v) is 5.96. The third-order valence-electron chi connectivity index (χ3n) is 4.09. The van der Waals surface area contributed by atoms with Crippen molar-refractivity contribution in [3.8, 4) is 0 Å². The fourth-order valence-electron chi connectivity index (χ4n) is 2.79. The number of unbranched alkanes of at least 4 members (excludes halogenated alkanes) is 1. The molecule has 0 aliphatic heterocycles. The van der Waals surface area contributed by atoms with Gasteiger partial charge in [0, 0.05) is 12.5 Å². The number of hydrogen-bond donors (Lipinski definition) is 2. The van der Waals surface area contributed by atoms with Gasteiger partial charge in [0.1, 0.15) is 5.76 Å². The summed E-state index contributed by atoms with van der Waals surface area (Å²) < 4.78 is 5.64. The maximum atomic E-state index is 11.8. The molecule has 0 atom stereocenters. The van der Waals surface area contributed by atoms with Crippen LogP contribution in [0.2, 0.25) is 0 Å². The minimum absolute atomic E-state index is 0.133. The van der Waals surface area contributed by atoms with Gasteiger partial charge in [-0.3, -0.25) is 4.79 Å². The van der Waals surface area contributed by atoms with Crippen molar-refractivity contribution in [2.24, 2.45) is 0 Å². The first-order valence-corrected chi connectivity index (χ1v) is 8.21. The van der Waals surface area contributed by atoms with Crippen molar-refractivity contribution in [1.82, 2.24) is 5.32 Å². The Morgan fingerprint density at radius 2 is 2.05 bits per heavy atom. The molecule has 2 aliphatic carbocycles. The lowest BCUT2D eigenvalue weighted by atomic mass is 9.93. The summed E-state index contributed by atoms with van der Waals surface area (Å²) in [5.41, 5.74) is 0. The van der Waals surface area contributed by atoms with Gasteiger partial charge < -0.3 is 15.2 Å². The van der Waals surface area contributed by atoms with Crippen LogP contribution in [0.5, 0.6) is 0 Å². The maximum Gasteiger partial charge on any atom is 0.220 e. The fourth-order valence-corrected chi connectivity index (χ4v) is 2.79. The molecular weight excluding hydrogens is 266 g/mol. The molecule has 0 spiro atoms. The first-order valence-electron chi connectivity index (χ1n) is 8.21. The van der Waals surface area contributed by atoms with Crippen LogP contribution < -0.4 is 5.32 Å². The van der Waals surface area contributed by atoms with Crippen molar-refractivity contribution in [2.75, 3.05) is 6.61 Å². The average molecular weight is 293 g/mol. The van der Waals surface area contributed by atoms with Crippen molar-refractivity contribution in [3.05, 3.63) is 24.0 Å². The molecule has 0 bridgehead atoms. The molecule has 0 aromatic rings. The van der Waals surface area contributed by atoms with E-state index in [1.54, 1.807) is 0 Å². The Morgan fingerprint density at radius 3 is 2.76 bits per heavy atom. The van der Waals surface area contributed by atoms with E-state index in [1.807, 2.05) is 6.08 Å². The van der Waals surface area contributed by atoms with Crippen LogP contribution in [0.1, 0.15) is 57.8 Å². The second-order valence-electron chi connectivity index (χ2n) is 5.96. The van der Waals surface area contributed by atoms with Crippen molar-refractivity contribution in [2.45, 2.75) is 69.9 Å². The molecule has 1 fully saturated rings. The minimum atomic E-state index is -0.168. The summed E-state index contributed by atoms with van der Waals surface area (Å²) in [5.74, 6) is 1.10. The Hall–Kier alpha value is -1.29. The molecule has 0 aromatic carbocycles. The van der Waals surface area contributed by atoms with Crippen LogP contribution in [0, 0.1) is 0 Å². The molecule has 4 nitrogen and oxygen atoms in total. The summed E-state index contributed by atoms with van der Waals surface area (Å²) in [7, 11) is 0. The average Bonchev–Trinajstić information content (AvgIpc) is 2.50. The van der Waals surface area contributed by atoms with Crippen molar-refractivity contribution < 1.29 is 14.6 Å². The van der Waals surface area contributed by atoms with Gasteiger partial charge in [-0.1, -0.05) is 6.08 Å². The van der Waals surface area contributed by atoms with Crippen LogP contribution >= 0.6 is 0 Å². The summed E-state index contributed by atoms with van der Waals surface area (Å²) in [5, 5.41) is 12.5. The van der Waals surface area contributed by atoms with Gasteiger partial charge in [-0.15, -0.1) is 0 Å². The molecular formula is C17H27NO3. The van der Waals surface area contributed by atoms with Crippen molar-refractivity contribution in [1.29, 1.82) is 0 Å². The standard InChI is InChI=1S/C17H27NO3/c19-15-11-9-14(10-12-15)18-17(20)8-4-5-13-21-16-6-2-1-3-7-16/h2,6-7,14-15,19H,1,3-5,8-13H2,(H,18,20). The van der Waals surface area contributed by atoms with E-state index in [9.17, 15) is 9.90 Å². The first-order chi connectivity index (χ1) is 10.2. The van der Waals surface area contributed by atoms with E-state index >= 15 is 0 Å². The number of aliphatic hydroxyl groups is 1. The zero-order valence-electron chi connectivity index (χ0n) is 12.7. The van der Waals surface area contributed by atoms with Gasteiger partial charge in [0.2, 0.25) is 5.91 Å². The van der Waals surface area contributed by atoms with Crippen LogP contribution in [0.15, 0.2) is 24.0 Å². The number of nitrogens with one attached hydrogen (secondary N) is 1. The van der Waals surface area contributed by atoms with Crippen LogP contribution in [0.25, 0.3) is 0 Å². The molecule has 118 valence electrons. The highest BCUT2D eigenvalue weighted by atomic mass is 16.5. The van der Waals surface area contributed by atoms with Gasteiger partial charge in [-0.25, -0.2) is 0 Å². The van der Waals surface area contributed by atoms with Crippen LogP contribution in [-0.4, -0.2) is 29.8 Å². The highest BCUT2D eigenvalue weighted by Crippen LogP contribution is 2.18. The summed E-state index contributed by atoms with van der Waals surface area (Å²) in [6, 6.07) is 0.259. The van der Waals surface area contributed by atoms with Gasteiger partial charge in [0.25, 0.3) is 0 Å². The Kier molecular flexibility index (Phi) is 6.80. The number of hydrogen-bond acceptors (Lipinski definition) is 3. The quantitative estimate of drug-likeness (QED) is 0.710. The van der Waals surface area contributed by atoms with Crippen molar-refractivity contribution >= 4 is 5.91 Å². The van der Waals surface area contributed by atoms with Gasteiger partial charge in [-0.05, 0) is 63.5 Å². The van der Waals surface area contributed by atoms with Gasteiger partial charge in [0.15, 0.2) is 0 Å². The van der Waals surface area contributed by atoms with E-state index in [0.29, 0.717) is 13.0 Å². The van der Waals surface area contributed by atoms with Gasteiger partial charge in [-0.2, -0.15) is 0 Å². The smallest absolute Gasteiger partial charge is 0.220 e. The molecule has 0 saturated heterocycles. The number of rotatable bonds is 7. The van der Waals surface area contributed by atoms with E-state index in [-0.39, 0.29) is 18.1 Å². The van der Waals surface area contributed by atoms with E-state index in [0.717, 1.165) is 57.1 Å². The Bertz CT molecular complexity index is 381. The van der Waals surface area contributed by atoms with Crippen LogP contribution in [-0.2, 0) is 9.53 Å². The normalized spacial score (nSPS) is 25.3. The summed E-state index contributed by atoms with van der Waals surface area (Å²) in [6.45, 7) is 0.680. The molecule has 0 heterocycles. The van der Waals surface area contributed by atoms with E-state index in [4.69, 9.17) is 4.74 Å². The van der Waals surface area contributed by atoms with E-state index in [1.165, 1.54) is 0 Å². The SMILES string of the molecule is O=C(CCCCOC1=CCCC=C1)NC1CCC(O)CC1. The Labute approximate surface area is 127 Å². The first kappa shape index (κ1) is 16.1. The lowest BCUT2D eigenvalue weighted by Crippen LogP contribution is -2.38. The van der Waals surface area contributed by atoms with Gasteiger partial charge >= 0.3 is 0 Å². The molecule has 0 aromatic heterocycles. The molecule has 21 heavy (non-hydrogen) atoms. The Balaban J connectivity index is 1.49. The molecule has 2 aliphatic rings. The molecule has 4 heteroatoms. The lowest BCUT2D eigenvalue weighted by Gasteiger charge is -2.26. The molecule has 1 saturated carbocycles. The van der Waals surface area contributed by atoms with E-state index < -0.39 is 0 Å². The second kappa shape index (κ2) is 8.88. The number of carbonyl (C=O) groups is 1. The molecule has 0 unspecified atom stereocenters. The summed E-state index contributed by atoms with van der Waals surface area (Å²) in [6.07, 6.45) is 14.0. The predicted octanol–water partition coefficient (Wildman–Crippen LogP) is 2.83. The number of aliphatic hydroxyl groups excluding tert-OH is 1. The predicted molar refractivity (Wildman–Crippen MR) is 82.7 cm³/mol.